The molecule has 4 rings (SSSR count). The minimum absolute atomic E-state index is 0.134. The third kappa shape index (κ3) is 3.66. The largest absolute Gasteiger partial charge is 0.344 e. The fourth-order valence-corrected chi connectivity index (χ4v) is 3.54. The van der Waals surface area contributed by atoms with Gasteiger partial charge in [-0.1, -0.05) is 24.3 Å². The summed E-state index contributed by atoms with van der Waals surface area (Å²) in [5.41, 5.74) is 3.14. The molecule has 0 saturated carbocycles. The van der Waals surface area contributed by atoms with Gasteiger partial charge in [0.2, 0.25) is 0 Å². The molecule has 4 aromatic rings. The van der Waals surface area contributed by atoms with Crippen LogP contribution in [0, 0.1) is 0 Å². The number of hydrogen-bond acceptors (Lipinski definition) is 4. The van der Waals surface area contributed by atoms with Crippen molar-refractivity contribution in [1.82, 2.24) is 20.1 Å². The van der Waals surface area contributed by atoms with E-state index in [9.17, 15) is 4.79 Å². The second kappa shape index (κ2) is 7.55. The van der Waals surface area contributed by atoms with Crippen LogP contribution < -0.4 is 5.32 Å². The number of nitrogens with one attached hydrogen (secondary N) is 1. The van der Waals surface area contributed by atoms with Gasteiger partial charge in [0.1, 0.15) is 11.4 Å². The van der Waals surface area contributed by atoms with Crippen molar-refractivity contribution >= 4 is 17.2 Å². The summed E-state index contributed by atoms with van der Waals surface area (Å²) < 4.78 is 1.70. The van der Waals surface area contributed by atoms with Crippen molar-refractivity contribution in [3.05, 3.63) is 89.7 Å². The molecular formula is C21H18N4OS. The van der Waals surface area contributed by atoms with E-state index in [1.165, 1.54) is 0 Å². The first kappa shape index (κ1) is 17.2. The second-order valence-corrected chi connectivity index (χ2v) is 7.06. The highest BCUT2D eigenvalue weighted by Gasteiger charge is 2.20. The predicted octanol–water partition coefficient (Wildman–Crippen LogP) is 4.49. The van der Waals surface area contributed by atoms with E-state index >= 15 is 0 Å². The summed E-state index contributed by atoms with van der Waals surface area (Å²) >= 11 is 1.60. The number of benzene rings is 1. The summed E-state index contributed by atoms with van der Waals surface area (Å²) in [4.78, 5) is 18.1. The molecule has 6 heteroatoms. The fraction of sp³-hybridized carbons (Fsp3) is 0.0952. The zero-order valence-corrected chi connectivity index (χ0v) is 15.6. The third-order valence-corrected chi connectivity index (χ3v) is 5.16. The smallest absolute Gasteiger partial charge is 0.270 e. The first-order chi connectivity index (χ1) is 13.2. The highest BCUT2D eigenvalue weighted by molar-refractivity contribution is 7.13. The number of rotatable bonds is 5. The zero-order chi connectivity index (χ0) is 18.6. The van der Waals surface area contributed by atoms with E-state index in [1.54, 1.807) is 28.4 Å². The van der Waals surface area contributed by atoms with Gasteiger partial charge in [0.05, 0.1) is 16.6 Å². The number of carbonyl (C=O) groups is 1. The summed E-state index contributed by atoms with van der Waals surface area (Å²) in [5.74, 6) is -0.168. The van der Waals surface area contributed by atoms with Crippen molar-refractivity contribution in [3.63, 3.8) is 0 Å². The minimum Gasteiger partial charge on any atom is -0.344 e. The van der Waals surface area contributed by atoms with Gasteiger partial charge < -0.3 is 5.32 Å². The van der Waals surface area contributed by atoms with E-state index in [-0.39, 0.29) is 11.9 Å². The highest BCUT2D eigenvalue weighted by atomic mass is 32.1. The molecule has 3 aromatic heterocycles. The van der Waals surface area contributed by atoms with Gasteiger partial charge in [0.25, 0.3) is 5.91 Å². The molecule has 5 nitrogen and oxygen atoms in total. The van der Waals surface area contributed by atoms with Gasteiger partial charge >= 0.3 is 0 Å². The number of thiophene rings is 1. The van der Waals surface area contributed by atoms with Crippen LogP contribution in [0.15, 0.2) is 78.4 Å². The van der Waals surface area contributed by atoms with Crippen molar-refractivity contribution < 1.29 is 4.79 Å². The molecular weight excluding hydrogens is 356 g/mol. The molecule has 1 atom stereocenters. The maximum absolute atomic E-state index is 13.0. The second-order valence-electron chi connectivity index (χ2n) is 6.12. The van der Waals surface area contributed by atoms with Crippen LogP contribution in [-0.2, 0) is 0 Å². The summed E-state index contributed by atoms with van der Waals surface area (Å²) in [6.45, 7) is 1.96. The number of pyridine rings is 1. The van der Waals surface area contributed by atoms with E-state index in [4.69, 9.17) is 0 Å². The Balaban J connectivity index is 1.69. The lowest BCUT2D eigenvalue weighted by Gasteiger charge is -2.14. The Morgan fingerprint density at radius 1 is 1.07 bits per heavy atom. The van der Waals surface area contributed by atoms with Crippen LogP contribution in [0.4, 0.5) is 0 Å². The Morgan fingerprint density at radius 2 is 1.85 bits per heavy atom. The Bertz CT molecular complexity index is 1030. The van der Waals surface area contributed by atoms with E-state index in [0.717, 1.165) is 21.8 Å². The van der Waals surface area contributed by atoms with Crippen LogP contribution in [0.3, 0.4) is 0 Å². The van der Waals surface area contributed by atoms with E-state index < -0.39 is 0 Å². The third-order valence-electron chi connectivity index (χ3n) is 4.27. The van der Waals surface area contributed by atoms with Crippen LogP contribution in [0.25, 0.3) is 16.3 Å². The Hall–Kier alpha value is -3.25. The summed E-state index contributed by atoms with van der Waals surface area (Å²) in [7, 11) is 0. The molecule has 0 aliphatic carbocycles. The molecule has 134 valence electrons. The van der Waals surface area contributed by atoms with Gasteiger partial charge in [-0.25, -0.2) is 4.68 Å². The lowest BCUT2D eigenvalue weighted by atomic mass is 10.1. The van der Waals surface area contributed by atoms with Crippen molar-refractivity contribution in [2.24, 2.45) is 0 Å². The number of aromatic nitrogens is 3. The molecule has 0 fully saturated rings. The van der Waals surface area contributed by atoms with Crippen LogP contribution in [-0.4, -0.2) is 20.7 Å². The quantitative estimate of drug-likeness (QED) is 0.560. The first-order valence-electron chi connectivity index (χ1n) is 8.62. The van der Waals surface area contributed by atoms with Crippen LogP contribution >= 0.6 is 11.3 Å². The molecule has 0 bridgehead atoms. The molecule has 0 radical (unpaired) electrons. The average molecular weight is 374 g/mol. The van der Waals surface area contributed by atoms with Crippen LogP contribution in [0.2, 0.25) is 0 Å². The monoisotopic (exact) mass is 374 g/mol. The van der Waals surface area contributed by atoms with Gasteiger partial charge in [-0.15, -0.1) is 11.3 Å². The molecule has 27 heavy (non-hydrogen) atoms. The Kier molecular flexibility index (Phi) is 4.80. The number of para-hydroxylation sites is 1. The number of amides is 1. The van der Waals surface area contributed by atoms with Crippen LogP contribution in [0.1, 0.15) is 29.0 Å². The fourth-order valence-electron chi connectivity index (χ4n) is 2.86. The maximum Gasteiger partial charge on any atom is 0.270 e. The number of carbonyl (C=O) groups excluding carboxylic acids is 1. The molecule has 3 heterocycles. The lowest BCUT2D eigenvalue weighted by molar-refractivity contribution is 0.0932. The molecule has 1 unspecified atom stereocenters. The molecule has 0 saturated heterocycles. The topological polar surface area (TPSA) is 59.8 Å². The number of nitrogens with zero attached hydrogens (tertiary/aromatic N) is 3. The SMILES string of the molecule is CC(NC(=O)c1cc(-c2cccs2)nn1-c1ccccc1)c1ccncc1. The molecule has 0 aliphatic rings. The van der Waals surface area contributed by atoms with Crippen molar-refractivity contribution in [2.45, 2.75) is 13.0 Å². The normalized spacial score (nSPS) is 11.9. The minimum atomic E-state index is -0.168. The predicted molar refractivity (Wildman–Crippen MR) is 107 cm³/mol. The molecule has 1 N–H and O–H groups in total. The first-order valence-corrected chi connectivity index (χ1v) is 9.50. The molecule has 1 aromatic carbocycles. The van der Waals surface area contributed by atoms with Gasteiger partial charge in [0.15, 0.2) is 0 Å². The van der Waals surface area contributed by atoms with Gasteiger partial charge in [-0.05, 0) is 54.3 Å². The maximum atomic E-state index is 13.0. The summed E-state index contributed by atoms with van der Waals surface area (Å²) in [6, 6.07) is 19.2. The Labute approximate surface area is 161 Å². The highest BCUT2D eigenvalue weighted by Crippen LogP contribution is 2.26. The Morgan fingerprint density at radius 3 is 2.56 bits per heavy atom. The van der Waals surface area contributed by atoms with Gasteiger partial charge in [-0.3, -0.25) is 9.78 Å². The lowest BCUT2D eigenvalue weighted by Crippen LogP contribution is -2.28. The van der Waals surface area contributed by atoms with E-state index in [2.05, 4.69) is 15.4 Å². The van der Waals surface area contributed by atoms with Crippen molar-refractivity contribution in [2.75, 3.05) is 0 Å². The molecule has 0 spiro atoms. The average Bonchev–Trinajstić information content (AvgIpc) is 3.39. The molecule has 0 aliphatic heterocycles. The van der Waals surface area contributed by atoms with E-state index in [1.807, 2.05) is 73.0 Å². The van der Waals surface area contributed by atoms with E-state index in [0.29, 0.717) is 5.69 Å². The summed E-state index contributed by atoms with van der Waals surface area (Å²) in [6.07, 6.45) is 3.45. The standard InChI is InChI=1S/C21H18N4OS/c1-15(16-9-11-22-12-10-16)23-21(26)19-14-18(20-8-5-13-27-20)24-25(19)17-6-3-2-4-7-17/h2-15H,1H3,(H,23,26). The van der Waals surface area contributed by atoms with Gasteiger partial charge in [-0.2, -0.15) is 5.10 Å². The zero-order valence-electron chi connectivity index (χ0n) is 14.7. The van der Waals surface area contributed by atoms with Crippen molar-refractivity contribution in [1.29, 1.82) is 0 Å². The molecule has 1 amide bonds. The number of hydrogen-bond donors (Lipinski definition) is 1. The van der Waals surface area contributed by atoms with Gasteiger partial charge in [0, 0.05) is 12.4 Å². The van der Waals surface area contributed by atoms with Crippen LogP contribution in [0.5, 0.6) is 0 Å². The summed E-state index contributed by atoms with van der Waals surface area (Å²) in [5, 5.41) is 9.74. The van der Waals surface area contributed by atoms with Crippen molar-refractivity contribution in [3.8, 4) is 16.3 Å².